The molecule has 0 amide bonds. The van der Waals surface area contributed by atoms with Crippen molar-refractivity contribution >= 4 is 23.0 Å². The van der Waals surface area contributed by atoms with Gasteiger partial charge in [-0.25, -0.2) is 4.68 Å². The van der Waals surface area contributed by atoms with E-state index in [0.717, 1.165) is 5.69 Å². The minimum atomic E-state index is 0.0164. The van der Waals surface area contributed by atoms with E-state index < -0.39 is 0 Å². The van der Waals surface area contributed by atoms with Crippen molar-refractivity contribution in [3.05, 3.63) is 65.9 Å². The Morgan fingerprint density at radius 3 is 2.33 bits per heavy atom. The third-order valence-corrected chi connectivity index (χ3v) is 3.60. The number of para-hydroxylation sites is 1. The van der Waals surface area contributed by atoms with E-state index in [2.05, 4.69) is 15.3 Å². The summed E-state index contributed by atoms with van der Waals surface area (Å²) < 4.78 is 1.64. The highest BCUT2D eigenvalue weighted by Gasteiger charge is 2.13. The number of azo groups is 1. The molecule has 1 heterocycles. The number of ketones is 1. The van der Waals surface area contributed by atoms with E-state index in [-0.39, 0.29) is 5.78 Å². The monoisotopic (exact) mass is 319 g/mol. The predicted molar refractivity (Wildman–Crippen MR) is 93.3 cm³/mol. The van der Waals surface area contributed by atoms with Crippen LogP contribution < -0.4 is 5.73 Å². The number of hydrogen-bond donors (Lipinski definition) is 1. The van der Waals surface area contributed by atoms with E-state index >= 15 is 0 Å². The average Bonchev–Trinajstić information content (AvgIpc) is 2.88. The number of hydrogen-bond acceptors (Lipinski definition) is 5. The quantitative estimate of drug-likeness (QED) is 0.572. The van der Waals surface area contributed by atoms with Gasteiger partial charge in [-0.2, -0.15) is 10.2 Å². The first-order valence-electron chi connectivity index (χ1n) is 7.49. The molecule has 2 aromatic carbocycles. The Morgan fingerprint density at radius 1 is 1.04 bits per heavy atom. The predicted octanol–water partition coefficient (Wildman–Crippen LogP) is 4.38. The second-order valence-corrected chi connectivity index (χ2v) is 5.37. The summed E-state index contributed by atoms with van der Waals surface area (Å²) in [4.78, 5) is 11.3. The van der Waals surface area contributed by atoms with Crippen molar-refractivity contribution in [2.75, 3.05) is 5.73 Å². The highest BCUT2D eigenvalue weighted by molar-refractivity contribution is 5.94. The lowest BCUT2D eigenvalue weighted by Gasteiger charge is -2.02. The fourth-order valence-corrected chi connectivity index (χ4v) is 2.30. The Balaban J connectivity index is 1.90. The summed E-state index contributed by atoms with van der Waals surface area (Å²) in [6, 6.07) is 16.5. The van der Waals surface area contributed by atoms with Gasteiger partial charge in [-0.1, -0.05) is 18.2 Å². The minimum Gasteiger partial charge on any atom is -0.382 e. The molecule has 3 rings (SSSR count). The number of nitrogen functional groups attached to an aromatic ring is 1. The molecule has 0 saturated heterocycles. The van der Waals surface area contributed by atoms with E-state index in [0.29, 0.717) is 28.5 Å². The molecule has 6 heteroatoms. The van der Waals surface area contributed by atoms with Gasteiger partial charge in [0.05, 0.1) is 17.1 Å². The standard InChI is InChI=1S/C18H17N5O/c1-12-17(18(19)23(22-12)16-6-4-3-5-7-16)21-20-15-10-8-14(9-11-15)13(2)24/h3-11H,19H2,1-2H3. The highest BCUT2D eigenvalue weighted by atomic mass is 16.1. The normalized spacial score (nSPS) is 11.1. The van der Waals surface area contributed by atoms with Gasteiger partial charge in [0.25, 0.3) is 0 Å². The second-order valence-electron chi connectivity index (χ2n) is 5.37. The molecule has 0 bridgehead atoms. The molecule has 0 saturated carbocycles. The Morgan fingerprint density at radius 2 is 1.71 bits per heavy atom. The molecule has 0 radical (unpaired) electrons. The van der Waals surface area contributed by atoms with Crippen LogP contribution in [0.15, 0.2) is 64.8 Å². The first-order valence-corrected chi connectivity index (χ1v) is 7.49. The van der Waals surface area contributed by atoms with E-state index in [1.165, 1.54) is 6.92 Å². The maximum Gasteiger partial charge on any atom is 0.159 e. The molecular formula is C18H17N5O. The van der Waals surface area contributed by atoms with Crippen molar-refractivity contribution in [2.45, 2.75) is 13.8 Å². The van der Waals surface area contributed by atoms with Crippen molar-refractivity contribution < 1.29 is 4.79 Å². The molecule has 0 unspecified atom stereocenters. The number of carbonyl (C=O) groups excluding carboxylic acids is 1. The topological polar surface area (TPSA) is 85.6 Å². The number of rotatable bonds is 4. The molecule has 0 spiro atoms. The van der Waals surface area contributed by atoms with Crippen LogP contribution in [0.3, 0.4) is 0 Å². The van der Waals surface area contributed by atoms with Crippen molar-refractivity contribution in [3.8, 4) is 5.69 Å². The lowest BCUT2D eigenvalue weighted by Crippen LogP contribution is -2.01. The first-order chi connectivity index (χ1) is 11.6. The van der Waals surface area contributed by atoms with Gasteiger partial charge in [0, 0.05) is 5.56 Å². The number of benzene rings is 2. The van der Waals surface area contributed by atoms with Crippen LogP contribution in [0.5, 0.6) is 0 Å². The zero-order chi connectivity index (χ0) is 17.1. The van der Waals surface area contributed by atoms with Gasteiger partial charge in [-0.3, -0.25) is 4.79 Å². The third-order valence-electron chi connectivity index (χ3n) is 3.60. The number of aromatic nitrogens is 2. The van der Waals surface area contributed by atoms with Gasteiger partial charge < -0.3 is 5.73 Å². The number of nitrogens with zero attached hydrogens (tertiary/aromatic N) is 4. The van der Waals surface area contributed by atoms with Crippen LogP contribution in [0.4, 0.5) is 17.2 Å². The smallest absolute Gasteiger partial charge is 0.159 e. The van der Waals surface area contributed by atoms with Gasteiger partial charge in [-0.15, -0.1) is 5.11 Å². The summed E-state index contributed by atoms with van der Waals surface area (Å²) >= 11 is 0. The summed E-state index contributed by atoms with van der Waals surface area (Å²) in [5.74, 6) is 0.450. The molecule has 0 aliphatic carbocycles. The zero-order valence-corrected chi connectivity index (χ0v) is 13.5. The van der Waals surface area contributed by atoms with E-state index in [1.54, 1.807) is 28.9 Å². The van der Waals surface area contributed by atoms with Gasteiger partial charge in [0.15, 0.2) is 17.3 Å². The zero-order valence-electron chi connectivity index (χ0n) is 13.5. The van der Waals surface area contributed by atoms with Crippen molar-refractivity contribution in [3.63, 3.8) is 0 Å². The van der Waals surface area contributed by atoms with Gasteiger partial charge in [0.2, 0.25) is 0 Å². The van der Waals surface area contributed by atoms with Crippen LogP contribution >= 0.6 is 0 Å². The number of anilines is 1. The lowest BCUT2D eigenvalue weighted by molar-refractivity contribution is 0.101. The van der Waals surface area contributed by atoms with E-state index in [4.69, 9.17) is 5.73 Å². The lowest BCUT2D eigenvalue weighted by atomic mass is 10.1. The highest BCUT2D eigenvalue weighted by Crippen LogP contribution is 2.30. The minimum absolute atomic E-state index is 0.0164. The molecule has 6 nitrogen and oxygen atoms in total. The summed E-state index contributed by atoms with van der Waals surface area (Å²) in [7, 11) is 0. The van der Waals surface area contributed by atoms with E-state index in [1.807, 2.05) is 37.3 Å². The number of nitrogens with two attached hydrogens (primary N) is 1. The van der Waals surface area contributed by atoms with E-state index in [9.17, 15) is 4.79 Å². The molecule has 0 fully saturated rings. The molecule has 2 N–H and O–H groups in total. The maximum absolute atomic E-state index is 11.3. The SMILES string of the molecule is CC(=O)c1ccc(N=Nc2c(C)nn(-c3ccccc3)c2N)cc1. The largest absolute Gasteiger partial charge is 0.382 e. The van der Waals surface area contributed by atoms with Crippen molar-refractivity contribution in [1.82, 2.24) is 9.78 Å². The van der Waals surface area contributed by atoms with Crippen LogP contribution in [0.1, 0.15) is 23.0 Å². The van der Waals surface area contributed by atoms with Crippen molar-refractivity contribution in [2.24, 2.45) is 10.2 Å². The third kappa shape index (κ3) is 3.08. The van der Waals surface area contributed by atoms with Crippen LogP contribution in [0.25, 0.3) is 5.69 Å². The van der Waals surface area contributed by atoms with Crippen LogP contribution in [-0.4, -0.2) is 15.6 Å². The van der Waals surface area contributed by atoms with Gasteiger partial charge in [0.1, 0.15) is 0 Å². The molecule has 0 aliphatic heterocycles. The summed E-state index contributed by atoms with van der Waals surface area (Å²) in [6.07, 6.45) is 0. The van der Waals surface area contributed by atoms with Gasteiger partial charge >= 0.3 is 0 Å². The fraction of sp³-hybridized carbons (Fsp3) is 0.111. The number of carbonyl (C=O) groups is 1. The molecule has 24 heavy (non-hydrogen) atoms. The van der Waals surface area contributed by atoms with Crippen molar-refractivity contribution in [1.29, 1.82) is 0 Å². The molecule has 3 aromatic rings. The Kier molecular flexibility index (Phi) is 4.20. The molecule has 0 aliphatic rings. The summed E-state index contributed by atoms with van der Waals surface area (Å²) in [5, 5.41) is 12.8. The Labute approximate surface area is 139 Å². The van der Waals surface area contributed by atoms with Gasteiger partial charge in [-0.05, 0) is 50.2 Å². The molecule has 120 valence electrons. The van der Waals surface area contributed by atoms with Crippen LogP contribution in [-0.2, 0) is 0 Å². The molecule has 1 aromatic heterocycles. The maximum atomic E-state index is 11.3. The average molecular weight is 319 g/mol. The number of Topliss-reactive ketones (excluding diaryl/α,β-unsaturated/α-hetero) is 1. The van der Waals surface area contributed by atoms with Crippen LogP contribution in [0, 0.1) is 6.92 Å². The van der Waals surface area contributed by atoms with Crippen LogP contribution in [0.2, 0.25) is 0 Å². The Hall–Kier alpha value is -3.28. The molecular weight excluding hydrogens is 302 g/mol. The number of aryl methyl sites for hydroxylation is 1. The molecule has 0 atom stereocenters. The fourth-order valence-electron chi connectivity index (χ4n) is 2.30. The first kappa shape index (κ1) is 15.6. The summed E-state index contributed by atoms with van der Waals surface area (Å²) in [5.41, 5.74) is 9.55. The summed E-state index contributed by atoms with van der Waals surface area (Å²) in [6.45, 7) is 3.36. The second kappa shape index (κ2) is 6.45. The Bertz CT molecular complexity index is 895.